The van der Waals surface area contributed by atoms with Crippen LogP contribution in [0.25, 0.3) is 0 Å². The van der Waals surface area contributed by atoms with Gasteiger partial charge in [-0.3, -0.25) is 0 Å². The summed E-state index contributed by atoms with van der Waals surface area (Å²) in [6.45, 7) is 8.48. The molecule has 1 rings (SSSR count). The van der Waals surface area contributed by atoms with E-state index in [1.54, 1.807) is 0 Å². The Balaban J connectivity index is 1.72. The predicted molar refractivity (Wildman–Crippen MR) is 65.2 cm³/mol. The number of hydrogen-bond donors (Lipinski definition) is 1. The second-order valence-electron chi connectivity index (χ2n) is 5.60. The fraction of sp³-hybridized carbons (Fsp3) is 1.00. The number of rotatable bonds is 8. The van der Waals surface area contributed by atoms with Crippen molar-refractivity contribution in [2.75, 3.05) is 13.2 Å². The van der Waals surface area contributed by atoms with Gasteiger partial charge < -0.3 is 10.1 Å². The molecule has 0 aromatic rings. The summed E-state index contributed by atoms with van der Waals surface area (Å²) >= 11 is 0. The van der Waals surface area contributed by atoms with E-state index in [0.29, 0.717) is 0 Å². The fourth-order valence-corrected chi connectivity index (χ4v) is 1.55. The van der Waals surface area contributed by atoms with Crippen molar-refractivity contribution in [2.45, 2.75) is 70.9 Å². The van der Waals surface area contributed by atoms with Gasteiger partial charge in [0.2, 0.25) is 0 Å². The topological polar surface area (TPSA) is 21.3 Å². The minimum atomic E-state index is 0.0352. The SMILES string of the molecule is CC(C)(C)OCCCCCCNC1CC1. The number of ether oxygens (including phenoxy) is 1. The number of nitrogens with one attached hydrogen (secondary N) is 1. The van der Waals surface area contributed by atoms with Gasteiger partial charge in [-0.15, -0.1) is 0 Å². The molecule has 0 aliphatic heterocycles. The molecule has 1 saturated carbocycles. The van der Waals surface area contributed by atoms with Gasteiger partial charge in [0, 0.05) is 12.6 Å². The molecule has 1 N–H and O–H groups in total. The van der Waals surface area contributed by atoms with Crippen LogP contribution in [0.2, 0.25) is 0 Å². The Morgan fingerprint density at radius 3 is 2.33 bits per heavy atom. The third-order valence-corrected chi connectivity index (χ3v) is 2.62. The van der Waals surface area contributed by atoms with Crippen molar-refractivity contribution >= 4 is 0 Å². The highest BCUT2D eigenvalue weighted by molar-refractivity contribution is 4.80. The van der Waals surface area contributed by atoms with E-state index in [1.165, 1.54) is 45.1 Å². The average molecular weight is 213 g/mol. The molecule has 2 nitrogen and oxygen atoms in total. The molecule has 1 aliphatic rings. The maximum Gasteiger partial charge on any atom is 0.0598 e. The van der Waals surface area contributed by atoms with Gasteiger partial charge in [0.05, 0.1) is 5.60 Å². The Morgan fingerprint density at radius 1 is 1.07 bits per heavy atom. The van der Waals surface area contributed by atoms with Gasteiger partial charge in [-0.25, -0.2) is 0 Å². The van der Waals surface area contributed by atoms with Gasteiger partial charge in [-0.2, -0.15) is 0 Å². The summed E-state index contributed by atoms with van der Waals surface area (Å²) in [5.74, 6) is 0. The van der Waals surface area contributed by atoms with E-state index >= 15 is 0 Å². The van der Waals surface area contributed by atoms with Crippen molar-refractivity contribution in [1.82, 2.24) is 5.32 Å². The lowest BCUT2D eigenvalue weighted by molar-refractivity contribution is -0.00473. The standard InChI is InChI=1S/C13H27NO/c1-13(2,3)15-11-7-5-4-6-10-14-12-8-9-12/h12,14H,4-11H2,1-3H3. The molecular formula is C13H27NO. The van der Waals surface area contributed by atoms with Gasteiger partial charge in [0.1, 0.15) is 0 Å². The van der Waals surface area contributed by atoms with E-state index in [0.717, 1.165) is 12.6 Å². The van der Waals surface area contributed by atoms with Crippen LogP contribution in [0.1, 0.15) is 59.3 Å². The summed E-state index contributed by atoms with van der Waals surface area (Å²) in [4.78, 5) is 0. The predicted octanol–water partition coefficient (Wildman–Crippen LogP) is 3.11. The van der Waals surface area contributed by atoms with E-state index in [2.05, 4.69) is 26.1 Å². The highest BCUT2D eigenvalue weighted by atomic mass is 16.5. The smallest absolute Gasteiger partial charge is 0.0598 e. The molecule has 1 aliphatic carbocycles. The maximum atomic E-state index is 5.67. The normalized spacial score (nSPS) is 17.0. The third kappa shape index (κ3) is 8.88. The summed E-state index contributed by atoms with van der Waals surface area (Å²) < 4.78 is 5.67. The summed E-state index contributed by atoms with van der Waals surface area (Å²) in [5.41, 5.74) is 0.0352. The summed E-state index contributed by atoms with van der Waals surface area (Å²) in [7, 11) is 0. The van der Waals surface area contributed by atoms with Crippen LogP contribution in [-0.2, 0) is 4.74 Å². The summed E-state index contributed by atoms with van der Waals surface area (Å²) in [5, 5.41) is 3.54. The van der Waals surface area contributed by atoms with Crippen LogP contribution in [0.15, 0.2) is 0 Å². The second kappa shape index (κ2) is 6.49. The molecule has 90 valence electrons. The number of unbranched alkanes of at least 4 members (excludes halogenated alkanes) is 3. The van der Waals surface area contributed by atoms with Gasteiger partial charge in [0.15, 0.2) is 0 Å². The summed E-state index contributed by atoms with van der Waals surface area (Å²) in [6.07, 6.45) is 7.99. The molecule has 0 aromatic heterocycles. The first-order valence-electron chi connectivity index (χ1n) is 6.45. The zero-order valence-corrected chi connectivity index (χ0v) is 10.6. The van der Waals surface area contributed by atoms with E-state index < -0.39 is 0 Å². The monoisotopic (exact) mass is 213 g/mol. The first-order valence-corrected chi connectivity index (χ1v) is 6.45. The molecule has 0 bridgehead atoms. The van der Waals surface area contributed by atoms with E-state index in [9.17, 15) is 0 Å². The van der Waals surface area contributed by atoms with Crippen LogP contribution in [0.4, 0.5) is 0 Å². The Labute approximate surface area is 94.8 Å². The van der Waals surface area contributed by atoms with Crippen molar-refractivity contribution in [3.8, 4) is 0 Å². The van der Waals surface area contributed by atoms with Crippen LogP contribution >= 0.6 is 0 Å². The molecule has 0 radical (unpaired) electrons. The van der Waals surface area contributed by atoms with Gasteiger partial charge in [0.25, 0.3) is 0 Å². The van der Waals surface area contributed by atoms with E-state index in [1.807, 2.05) is 0 Å². The lowest BCUT2D eigenvalue weighted by Crippen LogP contribution is -2.19. The van der Waals surface area contributed by atoms with E-state index in [-0.39, 0.29) is 5.60 Å². The van der Waals surface area contributed by atoms with Gasteiger partial charge >= 0.3 is 0 Å². The first kappa shape index (κ1) is 13.0. The van der Waals surface area contributed by atoms with Gasteiger partial charge in [-0.05, 0) is 53.0 Å². The Morgan fingerprint density at radius 2 is 1.73 bits per heavy atom. The van der Waals surface area contributed by atoms with Crippen molar-refractivity contribution in [3.05, 3.63) is 0 Å². The largest absolute Gasteiger partial charge is 0.376 e. The molecule has 2 heteroatoms. The molecule has 0 unspecified atom stereocenters. The molecule has 0 atom stereocenters. The summed E-state index contributed by atoms with van der Waals surface area (Å²) in [6, 6.07) is 0.870. The van der Waals surface area contributed by atoms with Crippen LogP contribution < -0.4 is 5.32 Å². The lowest BCUT2D eigenvalue weighted by Gasteiger charge is -2.19. The molecule has 0 aromatic carbocycles. The molecular weight excluding hydrogens is 186 g/mol. The maximum absolute atomic E-state index is 5.67. The second-order valence-corrected chi connectivity index (χ2v) is 5.60. The highest BCUT2D eigenvalue weighted by Crippen LogP contribution is 2.18. The van der Waals surface area contributed by atoms with Crippen molar-refractivity contribution in [1.29, 1.82) is 0 Å². The molecule has 1 fully saturated rings. The Kier molecular flexibility index (Phi) is 5.62. The zero-order chi connectivity index (χ0) is 11.1. The zero-order valence-electron chi connectivity index (χ0n) is 10.6. The van der Waals surface area contributed by atoms with Crippen molar-refractivity contribution < 1.29 is 4.74 Å². The molecule has 15 heavy (non-hydrogen) atoms. The van der Waals surface area contributed by atoms with Crippen molar-refractivity contribution in [2.24, 2.45) is 0 Å². The molecule has 0 spiro atoms. The average Bonchev–Trinajstić information content (AvgIpc) is 2.91. The number of hydrogen-bond acceptors (Lipinski definition) is 2. The fourth-order valence-electron chi connectivity index (χ4n) is 1.55. The highest BCUT2D eigenvalue weighted by Gasteiger charge is 2.19. The van der Waals surface area contributed by atoms with E-state index in [4.69, 9.17) is 4.74 Å². The van der Waals surface area contributed by atoms with Crippen molar-refractivity contribution in [3.63, 3.8) is 0 Å². The van der Waals surface area contributed by atoms with Crippen LogP contribution in [-0.4, -0.2) is 24.8 Å². The minimum absolute atomic E-state index is 0.0352. The lowest BCUT2D eigenvalue weighted by atomic mass is 10.1. The minimum Gasteiger partial charge on any atom is -0.376 e. The van der Waals surface area contributed by atoms with Crippen LogP contribution in [0, 0.1) is 0 Å². The third-order valence-electron chi connectivity index (χ3n) is 2.62. The first-order chi connectivity index (χ1) is 7.08. The van der Waals surface area contributed by atoms with Crippen LogP contribution in [0.5, 0.6) is 0 Å². The Hall–Kier alpha value is -0.0800. The quantitative estimate of drug-likeness (QED) is 0.626. The van der Waals surface area contributed by atoms with Gasteiger partial charge in [-0.1, -0.05) is 12.8 Å². The van der Waals surface area contributed by atoms with Crippen LogP contribution in [0.3, 0.4) is 0 Å². The Bertz CT molecular complexity index is 158. The molecule has 0 heterocycles. The molecule has 0 amide bonds. The molecule has 0 saturated heterocycles.